The second kappa shape index (κ2) is 26.1. The molecule has 1 atom stereocenters. The molecule has 226 valence electrons. The quantitative estimate of drug-likeness (QED) is 0.0779. The molecule has 0 fully saturated rings. The minimum absolute atomic E-state index is 0.0960. The van der Waals surface area contributed by atoms with E-state index >= 15 is 0 Å². The Morgan fingerprint density at radius 2 is 0.974 bits per heavy atom. The fourth-order valence-corrected chi connectivity index (χ4v) is 4.46. The van der Waals surface area contributed by atoms with Crippen molar-refractivity contribution in [2.45, 2.75) is 103 Å². The first-order valence-electron chi connectivity index (χ1n) is 14.2. The van der Waals surface area contributed by atoms with E-state index in [-0.39, 0.29) is 13.2 Å². The number of ether oxygens (including phenoxy) is 5. The third-order valence-electron chi connectivity index (χ3n) is 5.91. The summed E-state index contributed by atoms with van der Waals surface area (Å²) in [6, 6.07) is 0. The van der Waals surface area contributed by atoms with E-state index in [1.807, 2.05) is 0 Å². The zero-order chi connectivity index (χ0) is 28.3. The fraction of sp³-hybridized carbons (Fsp3) is 0.926. The second-order valence-corrected chi connectivity index (χ2v) is 11.0. The lowest BCUT2D eigenvalue weighted by Gasteiger charge is -2.10. The van der Waals surface area contributed by atoms with Crippen molar-refractivity contribution in [1.29, 1.82) is 0 Å². The van der Waals surface area contributed by atoms with Crippen molar-refractivity contribution in [2.75, 3.05) is 59.5 Å². The van der Waals surface area contributed by atoms with Crippen molar-refractivity contribution in [2.24, 2.45) is 0 Å². The van der Waals surface area contributed by atoms with Crippen molar-refractivity contribution in [3.8, 4) is 0 Å². The lowest BCUT2D eigenvalue weighted by atomic mass is 10.1. The Hall–Kier alpha value is -1.11. The lowest BCUT2D eigenvalue weighted by Crippen LogP contribution is -2.31. The number of hydrogen-bond acceptors (Lipinski definition) is 9. The van der Waals surface area contributed by atoms with Crippen LogP contribution in [0.15, 0.2) is 0 Å². The molecule has 11 heteroatoms. The molecule has 0 aromatic rings. The maximum Gasteiger partial charge on any atom is 0.307 e. The van der Waals surface area contributed by atoms with Gasteiger partial charge in [-0.2, -0.15) is 8.42 Å². The molecule has 1 unspecified atom stereocenters. The highest BCUT2D eigenvalue weighted by Gasteiger charge is 2.31. The normalized spacial score (nSPS) is 12.5. The van der Waals surface area contributed by atoms with E-state index in [2.05, 4.69) is 6.92 Å². The summed E-state index contributed by atoms with van der Waals surface area (Å²) in [4.78, 5) is 22.8. The van der Waals surface area contributed by atoms with Crippen LogP contribution in [0.25, 0.3) is 0 Å². The van der Waals surface area contributed by atoms with Crippen LogP contribution in [0.3, 0.4) is 0 Å². The molecule has 0 amide bonds. The molecule has 0 radical (unpaired) electrons. The van der Waals surface area contributed by atoms with Gasteiger partial charge in [-0.15, -0.1) is 0 Å². The van der Waals surface area contributed by atoms with Gasteiger partial charge in [0.1, 0.15) is 6.61 Å². The molecule has 0 heterocycles. The van der Waals surface area contributed by atoms with Gasteiger partial charge in [0, 0.05) is 6.61 Å². The minimum Gasteiger partial charge on any atom is -0.463 e. The average molecular weight is 569 g/mol. The van der Waals surface area contributed by atoms with Crippen LogP contribution in [-0.4, -0.2) is 89.4 Å². The van der Waals surface area contributed by atoms with Crippen molar-refractivity contribution >= 4 is 21.9 Å². The number of unbranched alkanes of at least 4 members (excludes halogenated alkanes) is 11. The largest absolute Gasteiger partial charge is 0.463 e. The zero-order valence-corrected chi connectivity index (χ0v) is 24.5. The first-order chi connectivity index (χ1) is 18.3. The molecule has 0 aromatic heterocycles. The minimum atomic E-state index is -4.64. The smallest absolute Gasteiger partial charge is 0.307 e. The predicted molar refractivity (Wildman–Crippen MR) is 146 cm³/mol. The Bertz CT molecular complexity index is 669. The van der Waals surface area contributed by atoms with E-state index in [9.17, 15) is 18.0 Å². The number of carbonyl (C=O) groups excluding carboxylic acids is 2. The molecule has 38 heavy (non-hydrogen) atoms. The van der Waals surface area contributed by atoms with E-state index in [1.165, 1.54) is 70.6 Å². The van der Waals surface area contributed by atoms with Gasteiger partial charge in [0.15, 0.2) is 11.0 Å². The van der Waals surface area contributed by atoms with Gasteiger partial charge in [0.05, 0.1) is 52.7 Å². The fourth-order valence-electron chi connectivity index (χ4n) is 3.69. The lowest BCUT2D eigenvalue weighted by molar-refractivity contribution is -0.146. The summed E-state index contributed by atoms with van der Waals surface area (Å²) in [5.41, 5.74) is 0. The molecule has 0 aliphatic heterocycles. The Balaban J connectivity index is 3.28. The SMILES string of the molecule is CCCCCCCCCCCCCCOCCOCCOCCOCCOC(=O)CC(C(C)=O)S(=O)(=O)O. The maximum atomic E-state index is 11.6. The van der Waals surface area contributed by atoms with Crippen molar-refractivity contribution in [1.82, 2.24) is 0 Å². The molecule has 0 aliphatic carbocycles. The third-order valence-corrected chi connectivity index (χ3v) is 7.13. The molecule has 0 aromatic carbocycles. The van der Waals surface area contributed by atoms with Gasteiger partial charge in [0.2, 0.25) is 0 Å². The van der Waals surface area contributed by atoms with E-state index in [1.54, 1.807) is 0 Å². The van der Waals surface area contributed by atoms with E-state index in [0.29, 0.717) is 39.6 Å². The van der Waals surface area contributed by atoms with Crippen LogP contribution in [0.1, 0.15) is 97.3 Å². The summed E-state index contributed by atoms with van der Waals surface area (Å²) in [7, 11) is -4.64. The van der Waals surface area contributed by atoms with Crippen molar-refractivity contribution in [3.05, 3.63) is 0 Å². The standard InChI is InChI=1S/C27H52O10S/c1-3-4-5-6-7-8-9-10-11-12-13-14-15-33-16-17-34-18-19-35-20-21-36-22-23-37-27(29)24-26(25(2)28)38(30,31)32/h26H,3-24H2,1-2H3,(H,30,31,32). The van der Waals surface area contributed by atoms with Crippen LogP contribution in [0.5, 0.6) is 0 Å². The predicted octanol–water partition coefficient (Wildman–Crippen LogP) is 4.53. The van der Waals surface area contributed by atoms with Crippen molar-refractivity contribution < 1.29 is 46.2 Å². The Kier molecular flexibility index (Phi) is 25.4. The van der Waals surface area contributed by atoms with Crippen LogP contribution in [0.4, 0.5) is 0 Å². The van der Waals surface area contributed by atoms with Crippen LogP contribution < -0.4 is 0 Å². The molecule has 0 saturated carbocycles. The molecular weight excluding hydrogens is 516 g/mol. The molecular formula is C27H52O10S. The van der Waals surface area contributed by atoms with Crippen LogP contribution in [0.2, 0.25) is 0 Å². The summed E-state index contributed by atoms with van der Waals surface area (Å²) < 4.78 is 57.6. The summed E-state index contributed by atoms with van der Waals surface area (Å²) in [5.74, 6) is -1.73. The van der Waals surface area contributed by atoms with Crippen LogP contribution in [0, 0.1) is 0 Å². The Labute approximate surface area is 230 Å². The van der Waals surface area contributed by atoms with Gasteiger partial charge in [-0.3, -0.25) is 14.1 Å². The van der Waals surface area contributed by atoms with Crippen molar-refractivity contribution in [3.63, 3.8) is 0 Å². The summed E-state index contributed by atoms with van der Waals surface area (Å²) >= 11 is 0. The topological polar surface area (TPSA) is 135 Å². The van der Waals surface area contributed by atoms with Gasteiger partial charge < -0.3 is 23.7 Å². The highest BCUT2D eigenvalue weighted by molar-refractivity contribution is 7.87. The van der Waals surface area contributed by atoms with Gasteiger partial charge in [0.25, 0.3) is 10.1 Å². The number of carbonyl (C=O) groups is 2. The molecule has 0 bridgehead atoms. The van der Waals surface area contributed by atoms with E-state index in [4.69, 9.17) is 28.2 Å². The van der Waals surface area contributed by atoms with Gasteiger partial charge in [-0.25, -0.2) is 0 Å². The monoisotopic (exact) mass is 568 g/mol. The Morgan fingerprint density at radius 1 is 0.605 bits per heavy atom. The number of esters is 1. The highest BCUT2D eigenvalue weighted by Crippen LogP contribution is 2.12. The summed E-state index contributed by atoms with van der Waals surface area (Å²) in [6.45, 7) is 6.66. The first-order valence-corrected chi connectivity index (χ1v) is 15.7. The summed E-state index contributed by atoms with van der Waals surface area (Å²) in [5, 5.41) is -1.81. The molecule has 0 rings (SSSR count). The summed E-state index contributed by atoms with van der Waals surface area (Å²) in [6.07, 6.45) is 15.2. The molecule has 0 spiro atoms. The number of Topliss-reactive ketones (excluding diaryl/α,β-unsaturated/α-hetero) is 1. The van der Waals surface area contributed by atoms with Crippen LogP contribution in [-0.2, 0) is 43.4 Å². The number of hydrogen-bond donors (Lipinski definition) is 1. The van der Waals surface area contributed by atoms with Gasteiger partial charge in [-0.1, -0.05) is 77.6 Å². The second-order valence-electron chi connectivity index (χ2n) is 9.38. The Morgan fingerprint density at radius 3 is 1.37 bits per heavy atom. The van der Waals surface area contributed by atoms with E-state index in [0.717, 1.165) is 20.0 Å². The van der Waals surface area contributed by atoms with E-state index < -0.39 is 33.5 Å². The van der Waals surface area contributed by atoms with Gasteiger partial charge in [-0.05, 0) is 13.3 Å². The first kappa shape index (κ1) is 36.9. The maximum absolute atomic E-state index is 11.6. The third kappa shape index (κ3) is 25.2. The zero-order valence-electron chi connectivity index (χ0n) is 23.7. The average Bonchev–Trinajstić information content (AvgIpc) is 2.86. The molecule has 1 N–H and O–H groups in total. The number of ketones is 1. The molecule has 0 aliphatic rings. The van der Waals surface area contributed by atoms with Gasteiger partial charge >= 0.3 is 5.97 Å². The molecule has 0 saturated heterocycles. The van der Waals surface area contributed by atoms with Crippen LogP contribution >= 0.6 is 0 Å². The highest BCUT2D eigenvalue weighted by atomic mass is 32.2. The molecule has 10 nitrogen and oxygen atoms in total. The number of rotatable bonds is 29.